The van der Waals surface area contributed by atoms with Crippen LogP contribution < -0.4 is 5.73 Å². The van der Waals surface area contributed by atoms with Crippen LogP contribution >= 0.6 is 12.6 Å². The van der Waals surface area contributed by atoms with Crippen LogP contribution in [-0.4, -0.2) is 0 Å². The van der Waals surface area contributed by atoms with Crippen molar-refractivity contribution in [1.29, 1.82) is 5.26 Å². The summed E-state index contributed by atoms with van der Waals surface area (Å²) in [6.45, 7) is 0. The summed E-state index contributed by atoms with van der Waals surface area (Å²) < 4.78 is 0. The lowest BCUT2D eigenvalue weighted by atomic mass is 10.2. The molecule has 1 aromatic carbocycles. The Kier molecular flexibility index (Phi) is 1.83. The van der Waals surface area contributed by atoms with E-state index in [0.717, 1.165) is 0 Å². The highest BCUT2D eigenvalue weighted by atomic mass is 32.1. The molecule has 0 atom stereocenters. The van der Waals surface area contributed by atoms with Crippen LogP contribution in [0.1, 0.15) is 5.56 Å². The van der Waals surface area contributed by atoms with E-state index in [2.05, 4.69) is 12.6 Å². The fraction of sp³-hybridized carbons (Fsp3) is 0. The van der Waals surface area contributed by atoms with E-state index in [1.807, 2.05) is 6.07 Å². The van der Waals surface area contributed by atoms with Gasteiger partial charge in [-0.2, -0.15) is 5.26 Å². The Morgan fingerprint density at radius 3 is 2.70 bits per heavy atom. The van der Waals surface area contributed by atoms with Crippen LogP contribution in [0.5, 0.6) is 0 Å². The summed E-state index contributed by atoms with van der Waals surface area (Å²) in [5.41, 5.74) is 6.58. The summed E-state index contributed by atoms with van der Waals surface area (Å²) in [5, 5.41) is 8.42. The van der Waals surface area contributed by atoms with Gasteiger partial charge in [0.05, 0.1) is 11.6 Å². The quantitative estimate of drug-likeness (QED) is 0.434. The molecule has 1 aromatic rings. The van der Waals surface area contributed by atoms with E-state index in [0.29, 0.717) is 16.1 Å². The van der Waals surface area contributed by atoms with Crippen molar-refractivity contribution in [2.45, 2.75) is 4.90 Å². The minimum Gasteiger partial charge on any atom is -0.398 e. The average molecular weight is 150 g/mol. The monoisotopic (exact) mass is 150 g/mol. The largest absolute Gasteiger partial charge is 0.398 e. The van der Waals surface area contributed by atoms with Crippen LogP contribution in [-0.2, 0) is 0 Å². The van der Waals surface area contributed by atoms with E-state index in [9.17, 15) is 0 Å². The van der Waals surface area contributed by atoms with Crippen LogP contribution in [0.2, 0.25) is 0 Å². The summed E-state index contributed by atoms with van der Waals surface area (Å²) >= 11 is 4.05. The zero-order valence-corrected chi connectivity index (χ0v) is 6.10. The molecule has 1 rings (SSSR count). The van der Waals surface area contributed by atoms with Gasteiger partial charge in [-0.15, -0.1) is 12.6 Å². The Hall–Kier alpha value is -1.14. The van der Waals surface area contributed by atoms with Crippen molar-refractivity contribution in [1.82, 2.24) is 0 Å². The first-order valence-electron chi connectivity index (χ1n) is 2.72. The molecule has 0 unspecified atom stereocenters. The van der Waals surface area contributed by atoms with Gasteiger partial charge >= 0.3 is 0 Å². The lowest BCUT2D eigenvalue weighted by molar-refractivity contribution is 1.42. The Morgan fingerprint density at radius 1 is 1.50 bits per heavy atom. The van der Waals surface area contributed by atoms with Crippen molar-refractivity contribution < 1.29 is 0 Å². The molecule has 0 aromatic heterocycles. The molecule has 0 fully saturated rings. The Labute approximate surface area is 64.7 Å². The normalized spacial score (nSPS) is 8.80. The van der Waals surface area contributed by atoms with Gasteiger partial charge in [-0.25, -0.2) is 0 Å². The number of benzene rings is 1. The number of nitrogens with zero attached hydrogens (tertiary/aromatic N) is 1. The maximum absolute atomic E-state index is 8.42. The van der Waals surface area contributed by atoms with Crippen molar-refractivity contribution in [2.75, 3.05) is 5.73 Å². The van der Waals surface area contributed by atoms with Gasteiger partial charge in [-0.3, -0.25) is 0 Å². The molecule has 0 saturated heterocycles. The zero-order chi connectivity index (χ0) is 7.56. The fourth-order valence-electron chi connectivity index (χ4n) is 0.624. The van der Waals surface area contributed by atoms with Crippen LogP contribution in [0, 0.1) is 11.3 Å². The van der Waals surface area contributed by atoms with Crippen LogP contribution in [0.25, 0.3) is 0 Å². The predicted molar refractivity (Wildman–Crippen MR) is 42.8 cm³/mol. The standard InChI is InChI=1S/C7H6N2S/c8-4-5-1-2-7(10)6(9)3-5/h1-3,10H,9H2. The minimum absolute atomic E-state index is 0.544. The third-order valence-electron chi connectivity index (χ3n) is 1.16. The van der Waals surface area contributed by atoms with Crippen molar-refractivity contribution in [3.63, 3.8) is 0 Å². The second-order valence-electron chi connectivity index (χ2n) is 1.89. The number of nitrogens with two attached hydrogens (primary N) is 1. The summed E-state index contributed by atoms with van der Waals surface area (Å²) in [6.07, 6.45) is 0. The smallest absolute Gasteiger partial charge is 0.0992 e. The summed E-state index contributed by atoms with van der Waals surface area (Å²) in [7, 11) is 0. The molecular weight excluding hydrogens is 144 g/mol. The van der Waals surface area contributed by atoms with E-state index < -0.39 is 0 Å². The van der Waals surface area contributed by atoms with E-state index >= 15 is 0 Å². The highest BCUT2D eigenvalue weighted by Crippen LogP contribution is 2.16. The molecule has 0 aliphatic carbocycles. The number of nitrogen functional groups attached to an aromatic ring is 1. The number of thiol groups is 1. The van der Waals surface area contributed by atoms with Crippen LogP contribution in [0.4, 0.5) is 5.69 Å². The molecule has 0 aliphatic heterocycles. The first-order chi connectivity index (χ1) is 4.74. The van der Waals surface area contributed by atoms with E-state index in [1.165, 1.54) is 0 Å². The number of anilines is 1. The number of hydrogen-bond donors (Lipinski definition) is 2. The van der Waals surface area contributed by atoms with Crippen LogP contribution in [0.3, 0.4) is 0 Å². The molecule has 0 radical (unpaired) electrons. The summed E-state index contributed by atoms with van der Waals surface area (Å²) in [4.78, 5) is 0.707. The number of hydrogen-bond acceptors (Lipinski definition) is 3. The zero-order valence-electron chi connectivity index (χ0n) is 5.20. The molecule has 0 heterocycles. The lowest BCUT2D eigenvalue weighted by Crippen LogP contribution is -1.86. The van der Waals surface area contributed by atoms with Gasteiger partial charge in [0.15, 0.2) is 0 Å². The van der Waals surface area contributed by atoms with Gasteiger partial charge in [0.25, 0.3) is 0 Å². The second kappa shape index (κ2) is 2.63. The molecule has 3 heteroatoms. The molecule has 0 spiro atoms. The van der Waals surface area contributed by atoms with Gasteiger partial charge in [0.2, 0.25) is 0 Å². The molecule has 0 aliphatic rings. The molecule has 50 valence electrons. The van der Waals surface area contributed by atoms with E-state index in [4.69, 9.17) is 11.0 Å². The van der Waals surface area contributed by atoms with E-state index in [-0.39, 0.29) is 0 Å². The van der Waals surface area contributed by atoms with Crippen molar-refractivity contribution in [2.24, 2.45) is 0 Å². The van der Waals surface area contributed by atoms with Crippen molar-refractivity contribution in [3.05, 3.63) is 23.8 Å². The number of rotatable bonds is 0. The number of nitriles is 1. The highest BCUT2D eigenvalue weighted by Gasteiger charge is 1.94. The first-order valence-corrected chi connectivity index (χ1v) is 3.17. The molecule has 0 saturated carbocycles. The van der Waals surface area contributed by atoms with Gasteiger partial charge in [-0.1, -0.05) is 0 Å². The minimum atomic E-state index is 0.544. The molecular formula is C7H6N2S. The molecule has 2 N–H and O–H groups in total. The second-order valence-corrected chi connectivity index (χ2v) is 2.37. The van der Waals surface area contributed by atoms with Gasteiger partial charge in [0.1, 0.15) is 0 Å². The maximum Gasteiger partial charge on any atom is 0.0992 e. The predicted octanol–water partition coefficient (Wildman–Crippen LogP) is 1.43. The summed E-state index contributed by atoms with van der Waals surface area (Å²) in [5.74, 6) is 0. The van der Waals surface area contributed by atoms with Crippen molar-refractivity contribution in [3.8, 4) is 6.07 Å². The third kappa shape index (κ3) is 1.23. The SMILES string of the molecule is N#Cc1ccc(S)c(N)c1. The third-order valence-corrected chi connectivity index (χ3v) is 1.56. The molecule has 10 heavy (non-hydrogen) atoms. The average Bonchev–Trinajstić information content (AvgIpc) is 1.95. The van der Waals surface area contributed by atoms with Gasteiger partial charge in [0, 0.05) is 10.6 Å². The Morgan fingerprint density at radius 2 is 2.20 bits per heavy atom. The molecule has 0 amide bonds. The topological polar surface area (TPSA) is 49.8 Å². The van der Waals surface area contributed by atoms with Gasteiger partial charge in [-0.05, 0) is 18.2 Å². The first kappa shape index (κ1) is 6.97. The fourth-order valence-corrected chi connectivity index (χ4v) is 0.763. The summed E-state index contributed by atoms with van der Waals surface area (Å²) in [6, 6.07) is 6.97. The Balaban J connectivity index is 3.20. The maximum atomic E-state index is 8.42. The van der Waals surface area contributed by atoms with Gasteiger partial charge < -0.3 is 5.73 Å². The van der Waals surface area contributed by atoms with Crippen LogP contribution in [0.15, 0.2) is 23.1 Å². The Bertz CT molecular complexity index is 288. The molecule has 2 nitrogen and oxygen atoms in total. The van der Waals surface area contributed by atoms with E-state index in [1.54, 1.807) is 18.2 Å². The highest BCUT2D eigenvalue weighted by molar-refractivity contribution is 7.80. The molecule has 0 bridgehead atoms. The lowest BCUT2D eigenvalue weighted by Gasteiger charge is -1.96. The van der Waals surface area contributed by atoms with Crippen molar-refractivity contribution >= 4 is 18.3 Å².